The molecule has 1 aromatic rings. The minimum Gasteiger partial charge on any atom is -0.323 e. The molecule has 2 N–H and O–H groups in total. The molecule has 22 heavy (non-hydrogen) atoms. The van der Waals surface area contributed by atoms with E-state index in [1.54, 1.807) is 0 Å². The van der Waals surface area contributed by atoms with Crippen molar-refractivity contribution in [2.75, 3.05) is 38.5 Å². The average Bonchev–Trinajstić information content (AvgIpc) is 2.99. The number of likely N-dealkylation sites (tertiary alicyclic amines) is 1. The summed E-state index contributed by atoms with van der Waals surface area (Å²) < 4.78 is 8.44. The van der Waals surface area contributed by atoms with Crippen molar-refractivity contribution in [2.45, 2.75) is 12.8 Å². The second kappa shape index (κ2) is 7.13. The first-order valence-corrected chi connectivity index (χ1v) is 8.37. The van der Waals surface area contributed by atoms with Crippen LogP contribution in [0.25, 0.3) is 0 Å². The Bertz CT molecular complexity index is 618. The minimum absolute atomic E-state index is 0.0209. The van der Waals surface area contributed by atoms with Crippen molar-refractivity contribution in [3.63, 3.8) is 0 Å². The Morgan fingerprint density at radius 3 is 2.95 bits per heavy atom. The topological polar surface area (TPSA) is 69.1 Å². The SMILES string of the molecule is CNCC1CCN(CC(=O)Nc2cccc3c2N=S=N3)CC1. The van der Waals surface area contributed by atoms with Crippen molar-refractivity contribution in [3.05, 3.63) is 18.2 Å². The van der Waals surface area contributed by atoms with E-state index in [2.05, 4.69) is 24.3 Å². The van der Waals surface area contributed by atoms with Gasteiger partial charge in [-0.05, 0) is 57.6 Å². The van der Waals surface area contributed by atoms with Gasteiger partial charge in [-0.2, -0.15) is 8.73 Å². The van der Waals surface area contributed by atoms with Crippen LogP contribution in [0.5, 0.6) is 0 Å². The Balaban J connectivity index is 1.52. The smallest absolute Gasteiger partial charge is 0.238 e. The molecule has 0 spiro atoms. The van der Waals surface area contributed by atoms with Crippen LogP contribution in [-0.4, -0.2) is 44.0 Å². The monoisotopic (exact) mass is 319 g/mol. The molecule has 6 nitrogen and oxygen atoms in total. The number of hydrogen-bond acceptors (Lipinski definition) is 5. The predicted octanol–water partition coefficient (Wildman–Crippen LogP) is 2.28. The standard InChI is InChI=1S/C15H21N5OS/c1-16-9-11-5-7-20(8-6-11)10-14(21)17-12-3-2-4-13-15(12)19-22-18-13/h2-4,11,16H,5-10H2,1H3,(H,17,21). The Kier molecular flexibility index (Phi) is 4.97. The number of benzene rings is 1. The zero-order chi connectivity index (χ0) is 15.4. The number of nitrogens with one attached hydrogen (secondary N) is 2. The molecular weight excluding hydrogens is 298 g/mol. The maximum atomic E-state index is 12.2. The van der Waals surface area contributed by atoms with E-state index in [1.807, 2.05) is 25.2 Å². The van der Waals surface area contributed by atoms with Crippen LogP contribution in [0.1, 0.15) is 12.8 Å². The van der Waals surface area contributed by atoms with E-state index in [-0.39, 0.29) is 5.91 Å². The number of fused-ring (bicyclic) bond motifs is 1. The molecule has 1 saturated heterocycles. The summed E-state index contributed by atoms with van der Waals surface area (Å²) in [7, 11) is 1.99. The Morgan fingerprint density at radius 1 is 1.36 bits per heavy atom. The number of rotatable bonds is 5. The summed E-state index contributed by atoms with van der Waals surface area (Å²) in [6, 6.07) is 5.67. The zero-order valence-corrected chi connectivity index (χ0v) is 13.5. The fourth-order valence-corrected chi connectivity index (χ4v) is 3.49. The van der Waals surface area contributed by atoms with Crippen LogP contribution in [0.3, 0.4) is 0 Å². The van der Waals surface area contributed by atoms with E-state index in [1.165, 1.54) is 11.4 Å². The molecule has 1 aromatic carbocycles. The lowest BCUT2D eigenvalue weighted by molar-refractivity contribution is -0.117. The van der Waals surface area contributed by atoms with Gasteiger partial charge in [0.2, 0.25) is 5.91 Å². The minimum atomic E-state index is 0.0209. The number of hydrogen-bond donors (Lipinski definition) is 2. The summed E-state index contributed by atoms with van der Waals surface area (Å²) in [6.07, 6.45) is 2.30. The van der Waals surface area contributed by atoms with Crippen molar-refractivity contribution >= 4 is 34.3 Å². The maximum absolute atomic E-state index is 12.2. The van der Waals surface area contributed by atoms with Crippen LogP contribution < -0.4 is 10.6 Å². The number of piperidine rings is 1. The molecule has 2 heterocycles. The third-order valence-corrected chi connectivity index (χ3v) is 4.67. The highest BCUT2D eigenvalue weighted by Gasteiger charge is 2.21. The van der Waals surface area contributed by atoms with Gasteiger partial charge in [0, 0.05) is 0 Å². The van der Waals surface area contributed by atoms with Gasteiger partial charge in [0.1, 0.15) is 11.4 Å². The first-order chi connectivity index (χ1) is 10.8. The van der Waals surface area contributed by atoms with Gasteiger partial charge in [0.15, 0.2) is 0 Å². The molecule has 0 bridgehead atoms. The molecule has 118 valence electrons. The van der Waals surface area contributed by atoms with E-state index in [0.29, 0.717) is 6.54 Å². The number of carbonyl (C=O) groups excluding carboxylic acids is 1. The normalized spacial score (nSPS) is 18.0. The van der Waals surface area contributed by atoms with E-state index < -0.39 is 0 Å². The second-order valence-corrected chi connectivity index (χ2v) is 6.29. The Morgan fingerprint density at radius 2 is 2.18 bits per heavy atom. The summed E-state index contributed by atoms with van der Waals surface area (Å²) in [5, 5.41) is 6.20. The van der Waals surface area contributed by atoms with Crippen LogP contribution in [0.15, 0.2) is 26.9 Å². The molecule has 2 aliphatic heterocycles. The van der Waals surface area contributed by atoms with Gasteiger partial charge >= 0.3 is 0 Å². The number of carbonyl (C=O) groups is 1. The van der Waals surface area contributed by atoms with Crippen molar-refractivity contribution in [1.82, 2.24) is 10.2 Å². The summed E-state index contributed by atoms with van der Waals surface area (Å²) in [6.45, 7) is 3.49. The van der Waals surface area contributed by atoms with Crippen LogP contribution in [-0.2, 0) is 16.1 Å². The van der Waals surface area contributed by atoms with Gasteiger partial charge in [0.05, 0.1) is 23.6 Å². The van der Waals surface area contributed by atoms with Crippen LogP contribution >= 0.6 is 0 Å². The van der Waals surface area contributed by atoms with Gasteiger partial charge in [0.25, 0.3) is 0 Å². The summed E-state index contributed by atoms with van der Waals surface area (Å²) >= 11 is 1.17. The van der Waals surface area contributed by atoms with Gasteiger partial charge in [-0.15, -0.1) is 0 Å². The average molecular weight is 319 g/mol. The molecule has 0 atom stereocenters. The lowest BCUT2D eigenvalue weighted by Gasteiger charge is -2.31. The first-order valence-electron chi connectivity index (χ1n) is 7.64. The molecule has 7 heteroatoms. The summed E-state index contributed by atoms with van der Waals surface area (Å²) in [4.78, 5) is 14.5. The Labute approximate surface area is 134 Å². The van der Waals surface area contributed by atoms with Gasteiger partial charge < -0.3 is 10.6 Å². The van der Waals surface area contributed by atoms with Crippen LogP contribution in [0.4, 0.5) is 17.1 Å². The molecule has 1 amide bonds. The van der Waals surface area contributed by atoms with Gasteiger partial charge in [-0.3, -0.25) is 9.69 Å². The fourth-order valence-electron chi connectivity index (χ4n) is 2.94. The van der Waals surface area contributed by atoms with Crippen molar-refractivity contribution in [3.8, 4) is 0 Å². The molecule has 1 fully saturated rings. The molecule has 0 unspecified atom stereocenters. The second-order valence-electron chi connectivity index (χ2n) is 5.76. The van der Waals surface area contributed by atoms with Crippen molar-refractivity contribution in [1.29, 1.82) is 0 Å². The van der Waals surface area contributed by atoms with E-state index in [0.717, 1.165) is 55.5 Å². The van der Waals surface area contributed by atoms with E-state index >= 15 is 0 Å². The molecular formula is C15H21N5OS. The summed E-state index contributed by atoms with van der Waals surface area (Å²) in [5.41, 5.74) is 2.35. The molecule has 2 aliphatic rings. The van der Waals surface area contributed by atoms with Gasteiger partial charge in [-0.25, -0.2) is 0 Å². The highest BCUT2D eigenvalue weighted by molar-refractivity contribution is 7.58. The van der Waals surface area contributed by atoms with Crippen molar-refractivity contribution < 1.29 is 4.79 Å². The number of nitrogens with zero attached hydrogens (tertiary/aromatic N) is 3. The van der Waals surface area contributed by atoms with E-state index in [9.17, 15) is 4.79 Å². The van der Waals surface area contributed by atoms with Gasteiger partial charge in [-0.1, -0.05) is 6.07 Å². The fraction of sp³-hybridized carbons (Fsp3) is 0.533. The Hall–Kier alpha value is -1.57. The first kappa shape index (κ1) is 15.3. The molecule has 0 saturated carbocycles. The molecule has 3 rings (SSSR count). The van der Waals surface area contributed by atoms with Crippen molar-refractivity contribution in [2.24, 2.45) is 14.6 Å². The number of anilines is 1. The van der Waals surface area contributed by atoms with E-state index in [4.69, 9.17) is 0 Å². The maximum Gasteiger partial charge on any atom is 0.238 e. The lowest BCUT2D eigenvalue weighted by atomic mass is 9.97. The van der Waals surface area contributed by atoms with Crippen LogP contribution in [0.2, 0.25) is 0 Å². The highest BCUT2D eigenvalue weighted by atomic mass is 32.1. The molecule has 0 aliphatic carbocycles. The quantitative estimate of drug-likeness (QED) is 0.888. The summed E-state index contributed by atoms with van der Waals surface area (Å²) in [5.74, 6) is 0.756. The largest absolute Gasteiger partial charge is 0.323 e. The van der Waals surface area contributed by atoms with Crippen LogP contribution in [0, 0.1) is 5.92 Å². The lowest BCUT2D eigenvalue weighted by Crippen LogP contribution is -2.40. The number of amides is 1. The molecule has 0 radical (unpaired) electrons. The third kappa shape index (κ3) is 3.60. The third-order valence-electron chi connectivity index (χ3n) is 4.13. The highest BCUT2D eigenvalue weighted by Crippen LogP contribution is 2.38. The zero-order valence-electron chi connectivity index (χ0n) is 12.7. The predicted molar refractivity (Wildman–Crippen MR) is 89.7 cm³/mol. The molecule has 0 aromatic heterocycles.